The highest BCUT2D eigenvalue weighted by molar-refractivity contribution is 9.10. The van der Waals surface area contributed by atoms with E-state index in [1.54, 1.807) is 10.9 Å². The van der Waals surface area contributed by atoms with Crippen LogP contribution >= 0.6 is 15.9 Å². The Bertz CT molecular complexity index is 597. The fraction of sp³-hybridized carbons (Fsp3) is 0.333. The molecule has 20 heavy (non-hydrogen) atoms. The number of carbonyl (C=O) groups is 1. The molecular weight excluding hydrogens is 318 g/mol. The van der Waals surface area contributed by atoms with Crippen LogP contribution in [0.15, 0.2) is 47.2 Å². The highest BCUT2D eigenvalue weighted by Crippen LogP contribution is 2.33. The van der Waals surface area contributed by atoms with Crippen LogP contribution in [0.5, 0.6) is 0 Å². The summed E-state index contributed by atoms with van der Waals surface area (Å²) in [5.41, 5.74) is 1.20. The maximum atomic E-state index is 12.4. The van der Waals surface area contributed by atoms with Crippen LogP contribution in [0, 0.1) is 0 Å². The number of hydrogen-bond donors (Lipinski definition) is 0. The Kier molecular flexibility index (Phi) is 3.87. The topological polar surface area (TPSA) is 38.1 Å². The summed E-state index contributed by atoms with van der Waals surface area (Å²) < 4.78 is 2.74. The van der Waals surface area contributed by atoms with E-state index in [1.165, 1.54) is 5.56 Å². The molecule has 2 aromatic rings. The van der Waals surface area contributed by atoms with Gasteiger partial charge in [-0.3, -0.25) is 9.48 Å². The van der Waals surface area contributed by atoms with Crippen molar-refractivity contribution in [2.75, 3.05) is 6.54 Å². The van der Waals surface area contributed by atoms with Crippen LogP contribution in [0.4, 0.5) is 0 Å². The van der Waals surface area contributed by atoms with E-state index in [9.17, 15) is 4.79 Å². The number of hydrogen-bond acceptors (Lipinski definition) is 2. The van der Waals surface area contributed by atoms with E-state index in [4.69, 9.17) is 0 Å². The van der Waals surface area contributed by atoms with E-state index in [0.29, 0.717) is 6.54 Å². The molecule has 1 saturated heterocycles. The normalized spacial score (nSPS) is 18.4. The quantitative estimate of drug-likeness (QED) is 0.865. The lowest BCUT2D eigenvalue weighted by atomic mass is 10.0. The lowest BCUT2D eigenvalue weighted by Crippen LogP contribution is -2.33. The monoisotopic (exact) mass is 333 g/mol. The largest absolute Gasteiger partial charge is 0.334 e. The SMILES string of the molecule is O=C(Cn1cccn1)N1CCC[C@@H]1c1cccc(Br)c1. The van der Waals surface area contributed by atoms with Gasteiger partial charge in [0.1, 0.15) is 6.54 Å². The smallest absolute Gasteiger partial charge is 0.244 e. The second-order valence-electron chi connectivity index (χ2n) is 5.00. The third kappa shape index (κ3) is 2.77. The number of aromatic nitrogens is 2. The average Bonchev–Trinajstić information content (AvgIpc) is 3.09. The second kappa shape index (κ2) is 5.79. The fourth-order valence-electron chi connectivity index (χ4n) is 2.75. The Morgan fingerprint density at radius 3 is 3.05 bits per heavy atom. The van der Waals surface area contributed by atoms with E-state index in [2.05, 4.69) is 33.2 Å². The number of halogens is 1. The zero-order chi connectivity index (χ0) is 13.9. The van der Waals surface area contributed by atoms with Gasteiger partial charge in [0.05, 0.1) is 6.04 Å². The number of amides is 1. The van der Waals surface area contributed by atoms with Crippen LogP contribution in [-0.2, 0) is 11.3 Å². The predicted octanol–water partition coefficient (Wildman–Crippen LogP) is 3.01. The third-order valence-corrected chi connectivity index (χ3v) is 4.16. The molecule has 1 aliphatic heterocycles. The van der Waals surface area contributed by atoms with Crippen LogP contribution < -0.4 is 0 Å². The van der Waals surface area contributed by atoms with Crippen molar-refractivity contribution in [3.05, 3.63) is 52.8 Å². The Morgan fingerprint density at radius 2 is 2.30 bits per heavy atom. The Hall–Kier alpha value is -1.62. The molecule has 104 valence electrons. The van der Waals surface area contributed by atoms with Crippen molar-refractivity contribution in [3.8, 4) is 0 Å². The molecule has 1 fully saturated rings. The molecular formula is C15H16BrN3O. The zero-order valence-electron chi connectivity index (χ0n) is 11.1. The first-order chi connectivity index (χ1) is 9.74. The number of nitrogens with zero attached hydrogens (tertiary/aromatic N) is 3. The fourth-order valence-corrected chi connectivity index (χ4v) is 3.17. The maximum absolute atomic E-state index is 12.4. The van der Waals surface area contributed by atoms with Gasteiger partial charge in [0.2, 0.25) is 5.91 Å². The average molecular weight is 334 g/mol. The van der Waals surface area contributed by atoms with Gasteiger partial charge < -0.3 is 4.90 Å². The molecule has 1 atom stereocenters. The van der Waals surface area contributed by atoms with Gasteiger partial charge in [-0.05, 0) is 36.6 Å². The molecule has 0 unspecified atom stereocenters. The van der Waals surface area contributed by atoms with Crippen LogP contribution in [0.2, 0.25) is 0 Å². The van der Waals surface area contributed by atoms with Crippen LogP contribution in [0.1, 0.15) is 24.4 Å². The molecule has 2 heterocycles. The predicted molar refractivity (Wildman–Crippen MR) is 80.1 cm³/mol. The van der Waals surface area contributed by atoms with Crippen molar-refractivity contribution < 1.29 is 4.79 Å². The van der Waals surface area contributed by atoms with Crippen LogP contribution in [-0.4, -0.2) is 27.1 Å². The summed E-state index contributed by atoms with van der Waals surface area (Å²) in [5, 5.41) is 4.10. The Labute approximate surface area is 126 Å². The first-order valence-electron chi connectivity index (χ1n) is 6.76. The van der Waals surface area contributed by atoms with E-state index in [0.717, 1.165) is 23.9 Å². The van der Waals surface area contributed by atoms with E-state index >= 15 is 0 Å². The molecule has 0 aliphatic carbocycles. The molecule has 0 saturated carbocycles. The Balaban J connectivity index is 1.77. The number of rotatable bonds is 3. The van der Waals surface area contributed by atoms with Gasteiger partial charge in [0, 0.05) is 23.4 Å². The van der Waals surface area contributed by atoms with Gasteiger partial charge in [0.25, 0.3) is 0 Å². The molecule has 3 rings (SSSR count). The molecule has 1 amide bonds. The van der Waals surface area contributed by atoms with Crippen LogP contribution in [0.25, 0.3) is 0 Å². The minimum atomic E-state index is 0.135. The summed E-state index contributed by atoms with van der Waals surface area (Å²) in [5.74, 6) is 0.135. The molecule has 0 spiro atoms. The minimum Gasteiger partial charge on any atom is -0.334 e. The number of benzene rings is 1. The molecule has 4 nitrogen and oxygen atoms in total. The maximum Gasteiger partial charge on any atom is 0.244 e. The lowest BCUT2D eigenvalue weighted by Gasteiger charge is -2.25. The molecule has 0 N–H and O–H groups in total. The zero-order valence-corrected chi connectivity index (χ0v) is 12.7. The van der Waals surface area contributed by atoms with Crippen molar-refractivity contribution in [3.63, 3.8) is 0 Å². The summed E-state index contributed by atoms with van der Waals surface area (Å²) in [4.78, 5) is 14.4. The summed E-state index contributed by atoms with van der Waals surface area (Å²) in [7, 11) is 0. The Morgan fingerprint density at radius 1 is 1.40 bits per heavy atom. The summed E-state index contributed by atoms with van der Waals surface area (Å²) >= 11 is 3.50. The van der Waals surface area contributed by atoms with Gasteiger partial charge in [-0.2, -0.15) is 5.10 Å². The first-order valence-corrected chi connectivity index (χ1v) is 7.56. The molecule has 1 aliphatic rings. The van der Waals surface area contributed by atoms with Gasteiger partial charge >= 0.3 is 0 Å². The number of likely N-dealkylation sites (tertiary alicyclic amines) is 1. The van der Waals surface area contributed by atoms with Crippen molar-refractivity contribution in [1.29, 1.82) is 0 Å². The highest BCUT2D eigenvalue weighted by atomic mass is 79.9. The van der Waals surface area contributed by atoms with E-state index < -0.39 is 0 Å². The number of carbonyl (C=O) groups excluding carboxylic acids is 1. The van der Waals surface area contributed by atoms with Gasteiger partial charge in [-0.25, -0.2) is 0 Å². The highest BCUT2D eigenvalue weighted by Gasteiger charge is 2.29. The first kappa shape index (κ1) is 13.4. The standard InChI is InChI=1S/C15H16BrN3O/c16-13-5-1-4-12(10-13)14-6-2-9-19(14)15(20)11-18-8-3-7-17-18/h1,3-5,7-8,10,14H,2,6,9,11H2/t14-/m1/s1. The van der Waals surface area contributed by atoms with Gasteiger partial charge in [-0.1, -0.05) is 28.1 Å². The van der Waals surface area contributed by atoms with E-state index in [1.807, 2.05) is 29.3 Å². The second-order valence-corrected chi connectivity index (χ2v) is 5.92. The van der Waals surface area contributed by atoms with E-state index in [-0.39, 0.29) is 11.9 Å². The summed E-state index contributed by atoms with van der Waals surface area (Å²) in [6.07, 6.45) is 5.61. The molecule has 1 aromatic carbocycles. The lowest BCUT2D eigenvalue weighted by molar-refractivity contribution is -0.133. The summed E-state index contributed by atoms with van der Waals surface area (Å²) in [6.45, 7) is 1.15. The molecule has 0 bridgehead atoms. The van der Waals surface area contributed by atoms with Crippen molar-refractivity contribution in [2.24, 2.45) is 0 Å². The van der Waals surface area contributed by atoms with Crippen molar-refractivity contribution in [1.82, 2.24) is 14.7 Å². The summed E-state index contributed by atoms with van der Waals surface area (Å²) in [6, 6.07) is 10.3. The molecule has 5 heteroatoms. The van der Waals surface area contributed by atoms with Crippen molar-refractivity contribution in [2.45, 2.75) is 25.4 Å². The van der Waals surface area contributed by atoms with Crippen LogP contribution in [0.3, 0.4) is 0 Å². The van der Waals surface area contributed by atoms with Crippen molar-refractivity contribution >= 4 is 21.8 Å². The molecule has 0 radical (unpaired) electrons. The van der Waals surface area contributed by atoms with Gasteiger partial charge in [0.15, 0.2) is 0 Å². The molecule has 1 aromatic heterocycles. The third-order valence-electron chi connectivity index (χ3n) is 3.66. The van der Waals surface area contributed by atoms with Gasteiger partial charge in [-0.15, -0.1) is 0 Å². The minimum absolute atomic E-state index is 0.135.